The number of para-hydroxylation sites is 1. The number of rotatable bonds is 7. The average Bonchev–Trinajstić information content (AvgIpc) is 2.62. The standard InChI is InChI=1S/C20H25NO4/c1-5-16-10-7-8-13-19(16)25-20(22)24-15(3)21(6-2)17-11-9-12-18(14-17)23-4/h7-15H,5-6H2,1-4H3. The van der Waals surface area contributed by atoms with Gasteiger partial charge in [0.05, 0.1) is 7.11 Å². The van der Waals surface area contributed by atoms with Gasteiger partial charge in [-0.2, -0.15) is 0 Å². The zero-order chi connectivity index (χ0) is 18.2. The fourth-order valence-corrected chi connectivity index (χ4v) is 2.65. The first-order valence-electron chi connectivity index (χ1n) is 8.46. The smallest absolute Gasteiger partial charge is 0.497 e. The molecule has 5 nitrogen and oxygen atoms in total. The lowest BCUT2D eigenvalue weighted by Gasteiger charge is -2.29. The Hall–Kier alpha value is -2.69. The van der Waals surface area contributed by atoms with E-state index in [0.29, 0.717) is 12.3 Å². The van der Waals surface area contributed by atoms with E-state index in [0.717, 1.165) is 23.4 Å². The van der Waals surface area contributed by atoms with E-state index in [1.165, 1.54) is 0 Å². The monoisotopic (exact) mass is 343 g/mol. The van der Waals surface area contributed by atoms with E-state index < -0.39 is 12.4 Å². The third-order valence-electron chi connectivity index (χ3n) is 3.98. The number of methoxy groups -OCH3 is 1. The molecule has 0 aliphatic carbocycles. The molecule has 0 amide bonds. The molecule has 0 N–H and O–H groups in total. The van der Waals surface area contributed by atoms with Crippen LogP contribution in [0.2, 0.25) is 0 Å². The number of carbonyl (C=O) groups excluding carboxylic acids is 1. The Morgan fingerprint density at radius 1 is 1.12 bits per heavy atom. The van der Waals surface area contributed by atoms with Gasteiger partial charge in [0.2, 0.25) is 0 Å². The van der Waals surface area contributed by atoms with Crippen LogP contribution in [0.3, 0.4) is 0 Å². The highest BCUT2D eigenvalue weighted by Gasteiger charge is 2.19. The number of anilines is 1. The normalized spacial score (nSPS) is 11.5. The van der Waals surface area contributed by atoms with Gasteiger partial charge in [-0.25, -0.2) is 4.79 Å². The first-order valence-corrected chi connectivity index (χ1v) is 8.46. The molecule has 0 heterocycles. The van der Waals surface area contributed by atoms with Crippen molar-refractivity contribution >= 4 is 11.8 Å². The fourth-order valence-electron chi connectivity index (χ4n) is 2.65. The Morgan fingerprint density at radius 2 is 1.88 bits per heavy atom. The Balaban J connectivity index is 2.05. The molecule has 0 bridgehead atoms. The third kappa shape index (κ3) is 4.89. The number of nitrogens with zero attached hydrogens (tertiary/aromatic N) is 1. The van der Waals surface area contributed by atoms with Crippen molar-refractivity contribution in [1.29, 1.82) is 0 Å². The van der Waals surface area contributed by atoms with Crippen LogP contribution in [0.4, 0.5) is 10.5 Å². The van der Waals surface area contributed by atoms with Gasteiger partial charge in [0.25, 0.3) is 0 Å². The molecule has 134 valence electrons. The van der Waals surface area contributed by atoms with Crippen molar-refractivity contribution in [3.05, 3.63) is 54.1 Å². The Labute approximate surface area is 149 Å². The summed E-state index contributed by atoms with van der Waals surface area (Å²) in [5.41, 5.74) is 1.88. The molecule has 0 radical (unpaired) electrons. The summed E-state index contributed by atoms with van der Waals surface area (Å²) in [6, 6.07) is 15.1. The quantitative estimate of drug-likeness (QED) is 0.416. The van der Waals surface area contributed by atoms with E-state index in [1.54, 1.807) is 13.2 Å². The van der Waals surface area contributed by atoms with Crippen LogP contribution in [-0.2, 0) is 11.2 Å². The van der Waals surface area contributed by atoms with Crippen LogP contribution in [0.15, 0.2) is 48.5 Å². The predicted octanol–water partition coefficient (Wildman–Crippen LogP) is 4.65. The molecule has 0 aliphatic rings. The zero-order valence-corrected chi connectivity index (χ0v) is 15.2. The summed E-state index contributed by atoms with van der Waals surface area (Å²) in [5, 5.41) is 0. The largest absolute Gasteiger partial charge is 0.515 e. The van der Waals surface area contributed by atoms with Crippen molar-refractivity contribution in [1.82, 2.24) is 0 Å². The van der Waals surface area contributed by atoms with Crippen molar-refractivity contribution in [3.63, 3.8) is 0 Å². The molecule has 0 spiro atoms. The first-order chi connectivity index (χ1) is 12.1. The van der Waals surface area contributed by atoms with Gasteiger partial charge in [-0.15, -0.1) is 0 Å². The second-order valence-corrected chi connectivity index (χ2v) is 5.52. The van der Waals surface area contributed by atoms with Gasteiger partial charge in [-0.3, -0.25) is 0 Å². The summed E-state index contributed by atoms with van der Waals surface area (Å²) in [4.78, 5) is 14.1. The molecule has 1 unspecified atom stereocenters. The highest BCUT2D eigenvalue weighted by atomic mass is 16.7. The minimum atomic E-state index is -0.713. The molecule has 2 aromatic carbocycles. The molecule has 0 aliphatic heterocycles. The number of carbonyl (C=O) groups is 1. The molecule has 2 rings (SSSR count). The molecule has 0 aromatic heterocycles. The number of ether oxygens (including phenoxy) is 3. The van der Waals surface area contributed by atoms with Crippen LogP contribution in [0.5, 0.6) is 11.5 Å². The van der Waals surface area contributed by atoms with Gasteiger partial charge in [0, 0.05) is 18.3 Å². The van der Waals surface area contributed by atoms with E-state index in [9.17, 15) is 4.79 Å². The minimum absolute atomic E-state index is 0.474. The van der Waals surface area contributed by atoms with E-state index in [4.69, 9.17) is 14.2 Å². The van der Waals surface area contributed by atoms with Crippen LogP contribution in [0.1, 0.15) is 26.3 Å². The van der Waals surface area contributed by atoms with Gasteiger partial charge in [-0.05, 0) is 44.0 Å². The van der Waals surface area contributed by atoms with Gasteiger partial charge in [0.15, 0.2) is 6.23 Å². The molecule has 0 saturated heterocycles. The molecular weight excluding hydrogens is 318 g/mol. The van der Waals surface area contributed by atoms with Crippen molar-refractivity contribution in [2.75, 3.05) is 18.6 Å². The topological polar surface area (TPSA) is 48.0 Å². The predicted molar refractivity (Wildman–Crippen MR) is 98.4 cm³/mol. The molecule has 0 fully saturated rings. The zero-order valence-electron chi connectivity index (χ0n) is 15.2. The average molecular weight is 343 g/mol. The maximum Gasteiger partial charge on any atom is 0.515 e. The number of aryl methyl sites for hydroxylation is 1. The summed E-state index contributed by atoms with van der Waals surface area (Å²) >= 11 is 0. The maximum atomic E-state index is 12.2. The molecule has 25 heavy (non-hydrogen) atoms. The molecule has 2 aromatic rings. The number of hydrogen-bond acceptors (Lipinski definition) is 5. The number of benzene rings is 2. The molecule has 0 saturated carbocycles. The Kier molecular flexibility index (Phi) is 6.69. The number of hydrogen-bond donors (Lipinski definition) is 0. The molecule has 5 heteroatoms. The fraction of sp³-hybridized carbons (Fsp3) is 0.350. The van der Waals surface area contributed by atoms with Crippen LogP contribution in [-0.4, -0.2) is 26.0 Å². The lowest BCUT2D eigenvalue weighted by atomic mass is 10.1. The Morgan fingerprint density at radius 3 is 2.56 bits per heavy atom. The van der Waals surface area contributed by atoms with Crippen LogP contribution >= 0.6 is 0 Å². The van der Waals surface area contributed by atoms with Crippen molar-refractivity contribution < 1.29 is 19.0 Å². The van der Waals surface area contributed by atoms with Crippen LogP contribution in [0.25, 0.3) is 0 Å². The lowest BCUT2D eigenvalue weighted by molar-refractivity contribution is 0.0643. The molecule has 1 atom stereocenters. The summed E-state index contributed by atoms with van der Waals surface area (Å²) in [7, 11) is 1.62. The van der Waals surface area contributed by atoms with Crippen molar-refractivity contribution in [2.24, 2.45) is 0 Å². The van der Waals surface area contributed by atoms with Crippen LogP contribution < -0.4 is 14.4 Å². The maximum absolute atomic E-state index is 12.2. The SMILES string of the molecule is CCc1ccccc1OC(=O)OC(C)N(CC)c1cccc(OC)c1. The van der Waals surface area contributed by atoms with Gasteiger partial charge >= 0.3 is 6.16 Å². The van der Waals surface area contributed by atoms with Crippen LogP contribution in [0, 0.1) is 0 Å². The lowest BCUT2D eigenvalue weighted by Crippen LogP contribution is -2.37. The molecular formula is C20H25NO4. The third-order valence-corrected chi connectivity index (χ3v) is 3.98. The van der Waals surface area contributed by atoms with E-state index in [-0.39, 0.29) is 0 Å². The van der Waals surface area contributed by atoms with Crippen molar-refractivity contribution in [3.8, 4) is 11.5 Å². The summed E-state index contributed by atoms with van der Waals surface area (Å²) < 4.78 is 16.1. The van der Waals surface area contributed by atoms with Gasteiger partial charge in [-0.1, -0.05) is 31.2 Å². The second kappa shape index (κ2) is 8.97. The van der Waals surface area contributed by atoms with E-state index >= 15 is 0 Å². The summed E-state index contributed by atoms with van der Waals surface area (Å²) in [6.45, 7) is 6.50. The van der Waals surface area contributed by atoms with E-state index in [2.05, 4.69) is 0 Å². The first kappa shape index (κ1) is 18.6. The highest BCUT2D eigenvalue weighted by Crippen LogP contribution is 2.24. The van der Waals surface area contributed by atoms with Gasteiger partial charge in [0.1, 0.15) is 11.5 Å². The minimum Gasteiger partial charge on any atom is -0.497 e. The van der Waals surface area contributed by atoms with Gasteiger partial charge < -0.3 is 19.1 Å². The Bertz CT molecular complexity index is 702. The summed E-state index contributed by atoms with van der Waals surface area (Å²) in [6.07, 6.45) is -0.405. The second-order valence-electron chi connectivity index (χ2n) is 5.52. The van der Waals surface area contributed by atoms with E-state index in [1.807, 2.05) is 68.1 Å². The van der Waals surface area contributed by atoms with Crippen molar-refractivity contribution in [2.45, 2.75) is 33.4 Å². The highest BCUT2D eigenvalue weighted by molar-refractivity contribution is 5.65. The summed E-state index contributed by atoms with van der Waals surface area (Å²) in [5.74, 6) is 1.29.